The van der Waals surface area contributed by atoms with Crippen LogP contribution >= 0.6 is 11.6 Å². The van der Waals surface area contributed by atoms with Crippen molar-refractivity contribution in [3.63, 3.8) is 0 Å². The Morgan fingerprint density at radius 3 is 2.91 bits per heavy atom. The molecule has 2 atom stereocenters. The van der Waals surface area contributed by atoms with Crippen molar-refractivity contribution >= 4 is 23.2 Å². The Bertz CT molecular complexity index is 608. The van der Waals surface area contributed by atoms with Gasteiger partial charge in [-0.1, -0.05) is 18.0 Å². The molecule has 22 heavy (non-hydrogen) atoms. The SMILES string of the molecule is O=C(NC1CCN2CCCCC12)c1ccc(Cl)cc1[N+](=O)[O-]. The molecule has 2 unspecified atom stereocenters. The Balaban J connectivity index is 1.76. The van der Waals surface area contributed by atoms with Gasteiger partial charge in [-0.05, 0) is 37.9 Å². The lowest BCUT2D eigenvalue weighted by atomic mass is 9.98. The summed E-state index contributed by atoms with van der Waals surface area (Å²) in [7, 11) is 0. The van der Waals surface area contributed by atoms with Crippen LogP contribution < -0.4 is 5.32 Å². The van der Waals surface area contributed by atoms with Crippen LogP contribution in [0.25, 0.3) is 0 Å². The van der Waals surface area contributed by atoms with Gasteiger partial charge in [0.15, 0.2) is 0 Å². The van der Waals surface area contributed by atoms with Gasteiger partial charge in [0.2, 0.25) is 0 Å². The number of benzene rings is 1. The molecule has 1 amide bonds. The smallest absolute Gasteiger partial charge is 0.283 e. The molecular weight excluding hydrogens is 306 g/mol. The number of amides is 1. The molecule has 0 radical (unpaired) electrons. The summed E-state index contributed by atoms with van der Waals surface area (Å²) < 4.78 is 0. The second-order valence-electron chi connectivity index (χ2n) is 5.89. The third-order valence-corrected chi connectivity index (χ3v) is 4.81. The number of carbonyl (C=O) groups excluding carboxylic acids is 1. The van der Waals surface area contributed by atoms with Gasteiger partial charge in [-0.25, -0.2) is 0 Å². The molecule has 0 aliphatic carbocycles. The van der Waals surface area contributed by atoms with E-state index in [-0.39, 0.29) is 28.2 Å². The minimum absolute atomic E-state index is 0.0723. The Hall–Kier alpha value is -1.66. The van der Waals surface area contributed by atoms with Crippen LogP contribution in [0.2, 0.25) is 5.02 Å². The van der Waals surface area contributed by atoms with E-state index in [1.165, 1.54) is 31.0 Å². The first kappa shape index (κ1) is 15.2. The molecular formula is C15H18ClN3O3. The van der Waals surface area contributed by atoms with Gasteiger partial charge in [0, 0.05) is 29.7 Å². The van der Waals surface area contributed by atoms with Crippen molar-refractivity contribution in [2.75, 3.05) is 13.1 Å². The molecule has 1 aromatic carbocycles. The molecule has 2 heterocycles. The Kier molecular flexibility index (Phi) is 4.31. The van der Waals surface area contributed by atoms with E-state index >= 15 is 0 Å². The van der Waals surface area contributed by atoms with Crippen molar-refractivity contribution < 1.29 is 9.72 Å². The maximum absolute atomic E-state index is 12.4. The highest BCUT2D eigenvalue weighted by atomic mass is 35.5. The minimum atomic E-state index is -0.567. The second-order valence-corrected chi connectivity index (χ2v) is 6.32. The van der Waals surface area contributed by atoms with Gasteiger partial charge in [-0.3, -0.25) is 19.8 Å². The van der Waals surface area contributed by atoms with Gasteiger partial charge in [-0.2, -0.15) is 0 Å². The molecule has 6 nitrogen and oxygen atoms in total. The minimum Gasteiger partial charge on any atom is -0.347 e. The van der Waals surface area contributed by atoms with Crippen LogP contribution in [-0.4, -0.2) is 40.9 Å². The molecule has 0 bridgehead atoms. The second kappa shape index (κ2) is 6.22. The highest BCUT2D eigenvalue weighted by Crippen LogP contribution is 2.28. The summed E-state index contributed by atoms with van der Waals surface area (Å²) in [5, 5.41) is 14.3. The van der Waals surface area contributed by atoms with Crippen LogP contribution in [0, 0.1) is 10.1 Å². The topological polar surface area (TPSA) is 75.5 Å². The number of piperidine rings is 1. The van der Waals surface area contributed by atoms with E-state index in [0.717, 1.165) is 25.9 Å². The van der Waals surface area contributed by atoms with Gasteiger partial charge >= 0.3 is 0 Å². The third-order valence-electron chi connectivity index (χ3n) is 4.57. The molecule has 0 spiro atoms. The van der Waals surface area contributed by atoms with Gasteiger partial charge in [0.25, 0.3) is 11.6 Å². The molecule has 2 saturated heterocycles. The van der Waals surface area contributed by atoms with Crippen LogP contribution in [0.5, 0.6) is 0 Å². The largest absolute Gasteiger partial charge is 0.347 e. The molecule has 7 heteroatoms. The quantitative estimate of drug-likeness (QED) is 0.685. The van der Waals surface area contributed by atoms with E-state index in [1.54, 1.807) is 0 Å². The summed E-state index contributed by atoms with van der Waals surface area (Å²) in [6.45, 7) is 2.07. The molecule has 1 N–H and O–H groups in total. The fraction of sp³-hybridized carbons (Fsp3) is 0.533. The maximum Gasteiger partial charge on any atom is 0.283 e. The Labute approximate surface area is 133 Å². The van der Waals surface area contributed by atoms with Crippen LogP contribution in [0.1, 0.15) is 36.0 Å². The fourth-order valence-electron chi connectivity index (χ4n) is 3.51. The normalized spacial score (nSPS) is 24.8. The first-order valence-electron chi connectivity index (χ1n) is 7.55. The zero-order chi connectivity index (χ0) is 15.7. The first-order valence-corrected chi connectivity index (χ1v) is 7.93. The van der Waals surface area contributed by atoms with Crippen molar-refractivity contribution in [2.45, 2.75) is 37.8 Å². The Morgan fingerprint density at radius 2 is 2.14 bits per heavy atom. The number of hydrogen-bond acceptors (Lipinski definition) is 4. The Morgan fingerprint density at radius 1 is 1.32 bits per heavy atom. The number of carbonyl (C=O) groups is 1. The summed E-state index contributed by atoms with van der Waals surface area (Å²) in [6, 6.07) is 4.58. The fourth-order valence-corrected chi connectivity index (χ4v) is 3.68. The lowest BCUT2D eigenvalue weighted by Gasteiger charge is -2.32. The van der Waals surface area contributed by atoms with Crippen LogP contribution in [0.4, 0.5) is 5.69 Å². The highest BCUT2D eigenvalue weighted by Gasteiger charge is 2.37. The third kappa shape index (κ3) is 2.94. The lowest BCUT2D eigenvalue weighted by molar-refractivity contribution is -0.385. The molecule has 2 fully saturated rings. The van der Waals surface area contributed by atoms with Crippen LogP contribution in [0.15, 0.2) is 18.2 Å². The van der Waals surface area contributed by atoms with E-state index in [0.29, 0.717) is 6.04 Å². The molecule has 1 aromatic rings. The van der Waals surface area contributed by atoms with E-state index in [1.807, 2.05) is 0 Å². The van der Waals surface area contributed by atoms with Gasteiger partial charge < -0.3 is 5.32 Å². The van der Waals surface area contributed by atoms with Gasteiger partial charge in [0.1, 0.15) is 5.56 Å². The van der Waals surface area contributed by atoms with Crippen LogP contribution in [0.3, 0.4) is 0 Å². The summed E-state index contributed by atoms with van der Waals surface area (Å²) >= 11 is 5.78. The van der Waals surface area contributed by atoms with Crippen molar-refractivity contribution in [1.82, 2.24) is 10.2 Å². The summed E-state index contributed by atoms with van der Waals surface area (Å²) in [4.78, 5) is 25.4. The predicted octanol–water partition coefficient (Wildman–Crippen LogP) is 2.60. The van der Waals surface area contributed by atoms with E-state index in [4.69, 9.17) is 11.6 Å². The van der Waals surface area contributed by atoms with Crippen molar-refractivity contribution in [1.29, 1.82) is 0 Å². The van der Waals surface area contributed by atoms with E-state index in [9.17, 15) is 14.9 Å². The van der Waals surface area contributed by atoms with Crippen molar-refractivity contribution in [2.24, 2.45) is 0 Å². The summed E-state index contributed by atoms with van der Waals surface area (Å²) in [5.74, 6) is -0.388. The molecule has 118 valence electrons. The number of nitro groups is 1. The summed E-state index contributed by atoms with van der Waals surface area (Å²) in [5.41, 5.74) is -0.174. The number of nitrogens with zero attached hydrogens (tertiary/aromatic N) is 2. The first-order chi connectivity index (χ1) is 10.6. The standard InChI is InChI=1S/C15H18ClN3O3/c16-10-4-5-11(14(9-10)19(21)22)15(20)17-12-6-8-18-7-2-1-3-13(12)18/h4-5,9,12-13H,1-3,6-8H2,(H,17,20). The highest BCUT2D eigenvalue weighted by molar-refractivity contribution is 6.31. The molecule has 0 saturated carbocycles. The molecule has 3 rings (SSSR count). The van der Waals surface area contributed by atoms with E-state index < -0.39 is 4.92 Å². The van der Waals surface area contributed by atoms with Crippen molar-refractivity contribution in [3.05, 3.63) is 38.9 Å². The average Bonchev–Trinajstić information content (AvgIpc) is 2.90. The van der Waals surface area contributed by atoms with E-state index in [2.05, 4.69) is 10.2 Å². The number of hydrogen-bond donors (Lipinski definition) is 1. The monoisotopic (exact) mass is 323 g/mol. The number of halogens is 1. The maximum atomic E-state index is 12.4. The molecule has 0 aromatic heterocycles. The average molecular weight is 324 g/mol. The number of fused-ring (bicyclic) bond motifs is 1. The number of nitro benzene ring substituents is 1. The van der Waals surface area contributed by atoms with Crippen molar-refractivity contribution in [3.8, 4) is 0 Å². The lowest BCUT2D eigenvalue weighted by Crippen LogP contribution is -2.46. The summed E-state index contributed by atoms with van der Waals surface area (Å²) in [6.07, 6.45) is 4.36. The number of nitrogens with one attached hydrogen (secondary N) is 1. The van der Waals surface area contributed by atoms with Crippen LogP contribution in [-0.2, 0) is 0 Å². The predicted molar refractivity (Wildman–Crippen MR) is 83.2 cm³/mol. The number of rotatable bonds is 3. The zero-order valence-corrected chi connectivity index (χ0v) is 12.9. The van der Waals surface area contributed by atoms with Gasteiger partial charge in [-0.15, -0.1) is 0 Å². The molecule has 2 aliphatic rings. The van der Waals surface area contributed by atoms with Gasteiger partial charge in [0.05, 0.1) is 4.92 Å². The zero-order valence-electron chi connectivity index (χ0n) is 12.1. The molecule has 2 aliphatic heterocycles.